The molecule has 1 aliphatic heterocycles. The second-order valence-electron chi connectivity index (χ2n) is 7.43. The van der Waals surface area contributed by atoms with Crippen molar-refractivity contribution >= 4 is 15.9 Å². The molecule has 3 rings (SSSR count). The highest BCUT2D eigenvalue weighted by atomic mass is 32.2. The first-order valence-corrected chi connectivity index (χ1v) is 11.4. The Morgan fingerprint density at radius 1 is 1.03 bits per heavy atom. The van der Waals surface area contributed by atoms with Crippen molar-refractivity contribution in [3.63, 3.8) is 0 Å². The van der Waals surface area contributed by atoms with Gasteiger partial charge in [0, 0.05) is 25.2 Å². The molecule has 0 atom stereocenters. The summed E-state index contributed by atoms with van der Waals surface area (Å²) in [6, 6.07) is 9.17. The number of ether oxygens (including phenoxy) is 2. The van der Waals surface area contributed by atoms with Crippen molar-refractivity contribution in [1.29, 1.82) is 0 Å². The van der Waals surface area contributed by atoms with Gasteiger partial charge < -0.3 is 14.8 Å². The number of nitrogens with zero attached hydrogens (tertiary/aromatic N) is 1. The van der Waals surface area contributed by atoms with Crippen molar-refractivity contribution in [2.24, 2.45) is 0 Å². The molecule has 0 aromatic heterocycles. The minimum absolute atomic E-state index is 0.0589. The summed E-state index contributed by atoms with van der Waals surface area (Å²) in [5.74, 6) is 0.804. The summed E-state index contributed by atoms with van der Waals surface area (Å²) in [6.07, 6.45) is 0.601. The van der Waals surface area contributed by atoms with Crippen LogP contribution in [0, 0.1) is 13.8 Å². The van der Waals surface area contributed by atoms with E-state index in [-0.39, 0.29) is 24.7 Å². The number of amides is 1. The summed E-state index contributed by atoms with van der Waals surface area (Å²) in [5.41, 5.74) is 4.62. The predicted molar refractivity (Wildman–Crippen MR) is 116 cm³/mol. The van der Waals surface area contributed by atoms with E-state index in [4.69, 9.17) is 9.47 Å². The largest absolute Gasteiger partial charge is 0.493 e. The minimum Gasteiger partial charge on any atom is -0.493 e. The van der Waals surface area contributed by atoms with E-state index in [2.05, 4.69) is 5.32 Å². The third kappa shape index (κ3) is 4.76. The predicted octanol–water partition coefficient (Wildman–Crippen LogP) is 2.44. The number of benzene rings is 2. The Bertz CT molecular complexity index is 1050. The van der Waals surface area contributed by atoms with E-state index in [0.29, 0.717) is 30.0 Å². The molecule has 0 spiro atoms. The summed E-state index contributed by atoms with van der Waals surface area (Å²) < 4.78 is 37.7. The van der Waals surface area contributed by atoms with Gasteiger partial charge in [-0.25, -0.2) is 8.42 Å². The van der Waals surface area contributed by atoms with Crippen molar-refractivity contribution in [1.82, 2.24) is 9.62 Å². The Labute approximate surface area is 178 Å². The number of methoxy groups -OCH3 is 2. The van der Waals surface area contributed by atoms with Gasteiger partial charge in [-0.2, -0.15) is 4.31 Å². The topological polar surface area (TPSA) is 84.9 Å². The summed E-state index contributed by atoms with van der Waals surface area (Å²) >= 11 is 0. The van der Waals surface area contributed by atoms with Crippen molar-refractivity contribution in [2.45, 2.75) is 26.8 Å². The summed E-state index contributed by atoms with van der Waals surface area (Å²) in [7, 11) is -0.373. The number of carbonyl (C=O) groups is 1. The molecule has 8 heteroatoms. The third-order valence-corrected chi connectivity index (χ3v) is 7.31. The molecule has 0 bridgehead atoms. The molecule has 30 heavy (non-hydrogen) atoms. The molecule has 1 aliphatic rings. The van der Waals surface area contributed by atoms with Gasteiger partial charge in [-0.1, -0.05) is 6.07 Å². The molecule has 0 saturated carbocycles. The highest BCUT2D eigenvalue weighted by Crippen LogP contribution is 2.33. The van der Waals surface area contributed by atoms with Gasteiger partial charge in [0.2, 0.25) is 10.0 Å². The second-order valence-corrected chi connectivity index (χ2v) is 9.52. The normalized spacial score (nSPS) is 14.1. The van der Waals surface area contributed by atoms with Crippen LogP contribution in [0.1, 0.15) is 32.6 Å². The van der Waals surface area contributed by atoms with Crippen LogP contribution in [0.5, 0.6) is 11.5 Å². The standard InChI is InChI=1S/C22H28N2O5S/c1-15-5-6-18(11-16(15)2)22(25)23-8-10-30(26,27)24-9-7-17-12-20(28-3)21(29-4)13-19(17)14-24/h5-6,11-13H,7-10,14H2,1-4H3,(H,23,25). The van der Waals surface area contributed by atoms with Gasteiger partial charge in [0.25, 0.3) is 5.91 Å². The van der Waals surface area contributed by atoms with Crippen LogP contribution in [0.25, 0.3) is 0 Å². The maximum Gasteiger partial charge on any atom is 0.251 e. The highest BCUT2D eigenvalue weighted by Gasteiger charge is 2.27. The highest BCUT2D eigenvalue weighted by molar-refractivity contribution is 7.89. The van der Waals surface area contributed by atoms with Gasteiger partial charge >= 0.3 is 0 Å². The SMILES string of the molecule is COc1cc2c(cc1OC)CN(S(=O)(=O)CCNC(=O)c1ccc(C)c(C)c1)CC2. The monoisotopic (exact) mass is 432 g/mol. The maximum absolute atomic E-state index is 12.8. The summed E-state index contributed by atoms with van der Waals surface area (Å²) in [4.78, 5) is 12.3. The van der Waals surface area contributed by atoms with E-state index in [1.807, 2.05) is 38.1 Å². The fourth-order valence-electron chi connectivity index (χ4n) is 3.50. The summed E-state index contributed by atoms with van der Waals surface area (Å²) in [6.45, 7) is 4.66. The van der Waals surface area contributed by atoms with E-state index >= 15 is 0 Å². The van der Waals surface area contributed by atoms with E-state index in [1.54, 1.807) is 20.3 Å². The first-order valence-electron chi connectivity index (χ1n) is 9.82. The van der Waals surface area contributed by atoms with Crippen LogP contribution < -0.4 is 14.8 Å². The fraction of sp³-hybridized carbons (Fsp3) is 0.409. The fourth-order valence-corrected chi connectivity index (χ4v) is 4.83. The lowest BCUT2D eigenvalue weighted by Crippen LogP contribution is -2.40. The average molecular weight is 433 g/mol. The van der Waals surface area contributed by atoms with Crippen LogP contribution in [-0.4, -0.2) is 51.7 Å². The Kier molecular flexibility index (Phi) is 6.67. The van der Waals surface area contributed by atoms with Gasteiger partial charge in [-0.3, -0.25) is 4.79 Å². The molecular weight excluding hydrogens is 404 g/mol. The van der Waals surface area contributed by atoms with Crippen molar-refractivity contribution in [3.8, 4) is 11.5 Å². The van der Waals surface area contributed by atoms with Crippen LogP contribution in [-0.2, 0) is 23.0 Å². The molecule has 0 aliphatic carbocycles. The zero-order valence-corrected chi connectivity index (χ0v) is 18.6. The summed E-state index contributed by atoms with van der Waals surface area (Å²) in [5, 5.41) is 2.71. The first-order chi connectivity index (χ1) is 14.2. The molecule has 0 radical (unpaired) electrons. The van der Waals surface area contributed by atoms with Gasteiger partial charge in [-0.05, 0) is 66.8 Å². The average Bonchev–Trinajstić information content (AvgIpc) is 2.73. The minimum atomic E-state index is -3.51. The van der Waals surface area contributed by atoms with Gasteiger partial charge in [0.15, 0.2) is 11.5 Å². The smallest absolute Gasteiger partial charge is 0.251 e. The van der Waals surface area contributed by atoms with E-state index in [1.165, 1.54) is 4.31 Å². The van der Waals surface area contributed by atoms with Crippen LogP contribution in [0.2, 0.25) is 0 Å². The van der Waals surface area contributed by atoms with Crippen molar-refractivity contribution < 1.29 is 22.7 Å². The molecule has 0 fully saturated rings. The molecule has 2 aromatic rings. The molecule has 2 aromatic carbocycles. The molecule has 7 nitrogen and oxygen atoms in total. The van der Waals surface area contributed by atoms with Crippen molar-refractivity contribution in [3.05, 3.63) is 58.1 Å². The van der Waals surface area contributed by atoms with Crippen LogP contribution in [0.3, 0.4) is 0 Å². The number of rotatable bonds is 7. The quantitative estimate of drug-likeness (QED) is 0.726. The molecule has 1 N–H and O–H groups in total. The van der Waals surface area contributed by atoms with Crippen LogP contribution in [0.4, 0.5) is 0 Å². The molecule has 0 unspecified atom stereocenters. The molecular formula is C22H28N2O5S. The molecule has 1 amide bonds. The van der Waals surface area contributed by atoms with E-state index < -0.39 is 10.0 Å². The van der Waals surface area contributed by atoms with Crippen molar-refractivity contribution in [2.75, 3.05) is 33.1 Å². The number of hydrogen-bond donors (Lipinski definition) is 1. The number of sulfonamides is 1. The number of fused-ring (bicyclic) bond motifs is 1. The Balaban J connectivity index is 1.62. The third-order valence-electron chi connectivity index (χ3n) is 5.49. The lowest BCUT2D eigenvalue weighted by atomic mass is 10.0. The lowest BCUT2D eigenvalue weighted by molar-refractivity contribution is 0.0956. The lowest BCUT2D eigenvalue weighted by Gasteiger charge is -2.29. The maximum atomic E-state index is 12.8. The number of carbonyl (C=O) groups excluding carboxylic acids is 1. The molecule has 0 saturated heterocycles. The van der Waals surface area contributed by atoms with E-state index in [9.17, 15) is 13.2 Å². The van der Waals surface area contributed by atoms with Crippen LogP contribution >= 0.6 is 0 Å². The van der Waals surface area contributed by atoms with Gasteiger partial charge in [0.1, 0.15) is 0 Å². The first kappa shape index (κ1) is 22.1. The Morgan fingerprint density at radius 3 is 2.33 bits per heavy atom. The zero-order chi connectivity index (χ0) is 21.9. The number of hydrogen-bond acceptors (Lipinski definition) is 5. The number of aryl methyl sites for hydroxylation is 2. The Hall–Kier alpha value is -2.58. The Morgan fingerprint density at radius 2 is 1.70 bits per heavy atom. The van der Waals surface area contributed by atoms with Crippen LogP contribution in [0.15, 0.2) is 30.3 Å². The van der Waals surface area contributed by atoms with Gasteiger partial charge in [0.05, 0.1) is 20.0 Å². The zero-order valence-electron chi connectivity index (χ0n) is 17.8. The van der Waals surface area contributed by atoms with E-state index in [0.717, 1.165) is 22.3 Å². The molecule has 162 valence electrons. The number of nitrogens with one attached hydrogen (secondary N) is 1. The second kappa shape index (κ2) is 9.06. The molecule has 1 heterocycles. The van der Waals surface area contributed by atoms with Gasteiger partial charge in [-0.15, -0.1) is 0 Å².